The number of aliphatic hydroxyl groups is 1. The third-order valence-corrected chi connectivity index (χ3v) is 4.92. The van der Waals surface area contributed by atoms with Gasteiger partial charge in [0, 0.05) is 17.6 Å². The molecule has 3 nitrogen and oxygen atoms in total. The number of aliphatic hydroxyl groups excluding tert-OH is 1. The fourth-order valence-electron chi connectivity index (χ4n) is 3.43. The number of halogens is 1. The maximum Gasteiger partial charge on any atom is 0.126 e. The highest BCUT2D eigenvalue weighted by atomic mass is 35.5. The number of likely N-dealkylation sites (N-methyl/N-ethyl adjacent to an activating group) is 1. The molecule has 0 unspecified atom stereocenters. The molecule has 3 rings (SSSR count). The third-order valence-electron chi connectivity index (χ3n) is 4.69. The van der Waals surface area contributed by atoms with Gasteiger partial charge < -0.3 is 9.84 Å². The molecule has 2 aromatic carbocycles. The molecule has 1 aliphatic carbocycles. The molecule has 1 fully saturated rings. The zero-order chi connectivity index (χ0) is 16.9. The van der Waals surface area contributed by atoms with Crippen LogP contribution in [-0.4, -0.2) is 35.3 Å². The molecule has 4 heteroatoms. The molecular weight excluding hydrogens is 322 g/mol. The van der Waals surface area contributed by atoms with Crippen LogP contribution in [0.2, 0.25) is 5.02 Å². The summed E-state index contributed by atoms with van der Waals surface area (Å²) in [6, 6.07) is 17.8. The first-order valence-electron chi connectivity index (χ1n) is 8.48. The minimum absolute atomic E-state index is 0.100. The van der Waals surface area contributed by atoms with Crippen LogP contribution in [0.4, 0.5) is 0 Å². The van der Waals surface area contributed by atoms with E-state index in [2.05, 4.69) is 24.1 Å². The van der Waals surface area contributed by atoms with E-state index in [0.29, 0.717) is 5.02 Å². The summed E-state index contributed by atoms with van der Waals surface area (Å²) < 4.78 is 6.02. The van der Waals surface area contributed by atoms with E-state index in [1.165, 1.54) is 5.56 Å². The molecule has 1 N–H and O–H groups in total. The lowest BCUT2D eigenvalue weighted by Crippen LogP contribution is -2.51. The molecule has 3 atom stereocenters. The number of hydrogen-bond donors (Lipinski definition) is 1. The van der Waals surface area contributed by atoms with Gasteiger partial charge in [-0.2, -0.15) is 0 Å². The van der Waals surface area contributed by atoms with Crippen molar-refractivity contribution in [1.29, 1.82) is 0 Å². The van der Waals surface area contributed by atoms with E-state index in [1.807, 2.05) is 36.4 Å². The predicted octanol–water partition coefficient (Wildman–Crippen LogP) is 4.13. The van der Waals surface area contributed by atoms with Crippen molar-refractivity contribution in [2.24, 2.45) is 0 Å². The molecule has 0 amide bonds. The Kier molecular flexibility index (Phi) is 5.77. The van der Waals surface area contributed by atoms with E-state index in [4.69, 9.17) is 16.3 Å². The topological polar surface area (TPSA) is 32.7 Å². The van der Waals surface area contributed by atoms with Gasteiger partial charge >= 0.3 is 0 Å². The van der Waals surface area contributed by atoms with Gasteiger partial charge in [-0.1, -0.05) is 48.0 Å². The SMILES string of the molecule is CN(Cc1ccccc1)[C@H]1CCC[C@@H](Oc2cccc(Cl)c2)[C@@H]1O. The summed E-state index contributed by atoms with van der Waals surface area (Å²) in [5.41, 5.74) is 1.25. The fraction of sp³-hybridized carbons (Fsp3) is 0.400. The van der Waals surface area contributed by atoms with Crippen LogP contribution in [0.5, 0.6) is 5.75 Å². The van der Waals surface area contributed by atoms with Crippen LogP contribution >= 0.6 is 11.6 Å². The van der Waals surface area contributed by atoms with Crippen molar-refractivity contribution in [2.75, 3.05) is 7.05 Å². The summed E-state index contributed by atoms with van der Waals surface area (Å²) in [6.45, 7) is 0.826. The predicted molar refractivity (Wildman–Crippen MR) is 97.4 cm³/mol. The minimum atomic E-state index is -0.508. The van der Waals surface area contributed by atoms with Gasteiger partial charge in [0.15, 0.2) is 0 Å². The van der Waals surface area contributed by atoms with Crippen LogP contribution in [0, 0.1) is 0 Å². The molecule has 0 radical (unpaired) electrons. The number of hydrogen-bond acceptors (Lipinski definition) is 3. The van der Waals surface area contributed by atoms with Crippen LogP contribution in [-0.2, 0) is 6.54 Å². The zero-order valence-corrected chi connectivity index (χ0v) is 14.7. The van der Waals surface area contributed by atoms with Gasteiger partial charge in [0.05, 0.1) is 0 Å². The minimum Gasteiger partial charge on any atom is -0.488 e. The molecule has 0 aromatic heterocycles. The standard InChI is InChI=1S/C20H24ClNO2/c1-22(14-15-7-3-2-4-8-15)18-11-6-12-19(20(18)23)24-17-10-5-9-16(21)13-17/h2-5,7-10,13,18-20,23H,6,11-12,14H2,1H3/t18-,19+,20+/m0/s1. The van der Waals surface area contributed by atoms with Crippen molar-refractivity contribution in [3.8, 4) is 5.75 Å². The Morgan fingerprint density at radius 2 is 1.92 bits per heavy atom. The summed E-state index contributed by atoms with van der Waals surface area (Å²) in [4.78, 5) is 2.23. The summed E-state index contributed by atoms with van der Waals surface area (Å²) in [5, 5.41) is 11.5. The maximum atomic E-state index is 10.8. The highest BCUT2D eigenvalue weighted by molar-refractivity contribution is 6.30. The summed E-state index contributed by atoms with van der Waals surface area (Å²) in [6.07, 6.45) is 2.20. The Balaban J connectivity index is 1.64. The van der Waals surface area contributed by atoms with E-state index >= 15 is 0 Å². The van der Waals surface area contributed by atoms with Gasteiger partial charge in [-0.05, 0) is 50.1 Å². The van der Waals surface area contributed by atoms with Gasteiger partial charge in [0.25, 0.3) is 0 Å². The second kappa shape index (κ2) is 8.02. The Morgan fingerprint density at radius 1 is 1.12 bits per heavy atom. The Labute approximate surface area is 148 Å². The number of rotatable bonds is 5. The van der Waals surface area contributed by atoms with Crippen molar-refractivity contribution < 1.29 is 9.84 Å². The molecule has 0 bridgehead atoms. The van der Waals surface area contributed by atoms with Gasteiger partial charge in [0.1, 0.15) is 18.0 Å². The van der Waals surface area contributed by atoms with Crippen molar-refractivity contribution in [3.63, 3.8) is 0 Å². The average molecular weight is 346 g/mol. The number of benzene rings is 2. The van der Waals surface area contributed by atoms with E-state index in [9.17, 15) is 5.11 Å². The normalized spacial score (nSPS) is 24.1. The van der Waals surface area contributed by atoms with Gasteiger partial charge in [-0.25, -0.2) is 0 Å². The first kappa shape index (κ1) is 17.3. The average Bonchev–Trinajstić information content (AvgIpc) is 2.58. The van der Waals surface area contributed by atoms with E-state index in [0.717, 1.165) is 31.6 Å². The maximum absolute atomic E-state index is 10.8. The molecule has 1 aliphatic rings. The smallest absolute Gasteiger partial charge is 0.126 e. The van der Waals surface area contributed by atoms with Crippen LogP contribution in [0.15, 0.2) is 54.6 Å². The van der Waals surface area contributed by atoms with Crippen molar-refractivity contribution in [1.82, 2.24) is 4.90 Å². The van der Waals surface area contributed by atoms with E-state index in [1.54, 1.807) is 6.07 Å². The highest BCUT2D eigenvalue weighted by Gasteiger charge is 2.35. The molecule has 2 aromatic rings. The molecule has 1 saturated carbocycles. The molecule has 0 spiro atoms. The third kappa shape index (κ3) is 4.29. The fourth-order valence-corrected chi connectivity index (χ4v) is 3.61. The first-order valence-corrected chi connectivity index (χ1v) is 8.86. The van der Waals surface area contributed by atoms with Crippen LogP contribution in [0.3, 0.4) is 0 Å². The quantitative estimate of drug-likeness (QED) is 0.884. The lowest BCUT2D eigenvalue weighted by molar-refractivity contribution is -0.0491. The second-order valence-electron chi connectivity index (χ2n) is 6.50. The Bertz CT molecular complexity index is 649. The number of ether oxygens (including phenoxy) is 1. The lowest BCUT2D eigenvalue weighted by Gasteiger charge is -2.39. The summed E-state index contributed by atoms with van der Waals surface area (Å²) >= 11 is 6.02. The Hall–Kier alpha value is -1.55. The molecule has 24 heavy (non-hydrogen) atoms. The number of nitrogens with zero attached hydrogens (tertiary/aromatic N) is 1. The van der Waals surface area contributed by atoms with Crippen LogP contribution in [0.1, 0.15) is 24.8 Å². The van der Waals surface area contributed by atoms with E-state index < -0.39 is 6.10 Å². The van der Waals surface area contributed by atoms with Gasteiger partial charge in [-0.3, -0.25) is 4.90 Å². The first-order chi connectivity index (χ1) is 11.6. The van der Waals surface area contributed by atoms with E-state index in [-0.39, 0.29) is 12.1 Å². The summed E-state index contributed by atoms with van der Waals surface area (Å²) in [7, 11) is 2.07. The van der Waals surface area contributed by atoms with Gasteiger partial charge in [-0.15, -0.1) is 0 Å². The molecule has 0 heterocycles. The van der Waals surface area contributed by atoms with Crippen molar-refractivity contribution in [2.45, 2.75) is 44.1 Å². The van der Waals surface area contributed by atoms with Crippen molar-refractivity contribution >= 4 is 11.6 Å². The zero-order valence-electron chi connectivity index (χ0n) is 13.9. The monoisotopic (exact) mass is 345 g/mol. The largest absolute Gasteiger partial charge is 0.488 e. The summed E-state index contributed by atoms with van der Waals surface area (Å²) in [5.74, 6) is 0.720. The highest BCUT2D eigenvalue weighted by Crippen LogP contribution is 2.28. The molecule has 128 valence electrons. The lowest BCUT2D eigenvalue weighted by atomic mass is 9.88. The molecule has 0 aliphatic heterocycles. The Morgan fingerprint density at radius 3 is 2.67 bits per heavy atom. The second-order valence-corrected chi connectivity index (χ2v) is 6.94. The molecular formula is C20H24ClNO2. The van der Waals surface area contributed by atoms with Crippen molar-refractivity contribution in [3.05, 3.63) is 65.2 Å². The molecule has 0 saturated heterocycles. The van der Waals surface area contributed by atoms with Crippen LogP contribution < -0.4 is 4.74 Å². The van der Waals surface area contributed by atoms with Gasteiger partial charge in [0.2, 0.25) is 0 Å². The van der Waals surface area contributed by atoms with Crippen LogP contribution in [0.25, 0.3) is 0 Å².